The number of carboxylic acids is 1. The van der Waals surface area contributed by atoms with Gasteiger partial charge in [-0.3, -0.25) is 9.59 Å². The Kier molecular flexibility index (Phi) is 6.82. The van der Waals surface area contributed by atoms with Gasteiger partial charge in [-0.2, -0.15) is 0 Å². The number of carbonyl (C=O) groups excluding carboxylic acids is 1. The Bertz CT molecular complexity index is 578. The molecule has 0 fully saturated rings. The fourth-order valence-corrected chi connectivity index (χ4v) is 2.15. The number of aryl methyl sites for hydroxylation is 2. The predicted molar refractivity (Wildman–Crippen MR) is 83.7 cm³/mol. The summed E-state index contributed by atoms with van der Waals surface area (Å²) in [4.78, 5) is 34.4. The highest BCUT2D eigenvalue weighted by molar-refractivity contribution is 5.83. The van der Waals surface area contributed by atoms with E-state index in [0.29, 0.717) is 19.4 Å². The SMILES string of the molecule is Cc1ccc(=O)n(CCCCC(=O)NC(C(=O)O)C(C)C)c1. The molecule has 0 spiro atoms. The molecule has 0 saturated heterocycles. The van der Waals surface area contributed by atoms with Crippen LogP contribution in [0.5, 0.6) is 0 Å². The van der Waals surface area contributed by atoms with Gasteiger partial charge in [0.15, 0.2) is 0 Å². The zero-order chi connectivity index (χ0) is 16.7. The molecule has 1 amide bonds. The number of hydrogen-bond acceptors (Lipinski definition) is 3. The normalized spacial score (nSPS) is 12.2. The van der Waals surface area contributed by atoms with Crippen LogP contribution in [0.1, 0.15) is 38.7 Å². The summed E-state index contributed by atoms with van der Waals surface area (Å²) < 4.78 is 1.63. The third-order valence-corrected chi connectivity index (χ3v) is 3.43. The zero-order valence-corrected chi connectivity index (χ0v) is 13.3. The number of amides is 1. The van der Waals surface area contributed by atoms with Crippen molar-refractivity contribution in [1.29, 1.82) is 0 Å². The lowest BCUT2D eigenvalue weighted by Crippen LogP contribution is -2.44. The van der Waals surface area contributed by atoms with Gasteiger partial charge in [-0.15, -0.1) is 0 Å². The quantitative estimate of drug-likeness (QED) is 0.713. The highest BCUT2D eigenvalue weighted by atomic mass is 16.4. The molecule has 1 aromatic rings. The van der Waals surface area contributed by atoms with E-state index in [1.807, 2.05) is 6.92 Å². The molecule has 0 radical (unpaired) electrons. The minimum Gasteiger partial charge on any atom is -0.480 e. The van der Waals surface area contributed by atoms with E-state index in [0.717, 1.165) is 5.56 Å². The van der Waals surface area contributed by atoms with Gasteiger partial charge >= 0.3 is 5.97 Å². The van der Waals surface area contributed by atoms with Gasteiger partial charge in [-0.1, -0.05) is 19.9 Å². The zero-order valence-electron chi connectivity index (χ0n) is 13.3. The number of unbranched alkanes of at least 4 members (excludes halogenated alkanes) is 1. The number of rotatable bonds is 8. The van der Waals surface area contributed by atoms with Crippen LogP contribution in [0, 0.1) is 12.8 Å². The van der Waals surface area contributed by atoms with Crippen molar-refractivity contribution in [3.63, 3.8) is 0 Å². The van der Waals surface area contributed by atoms with E-state index in [2.05, 4.69) is 5.32 Å². The first-order valence-electron chi connectivity index (χ1n) is 7.50. The Morgan fingerprint density at radius 2 is 1.95 bits per heavy atom. The summed E-state index contributed by atoms with van der Waals surface area (Å²) in [6, 6.07) is 2.44. The van der Waals surface area contributed by atoms with Crippen LogP contribution in [-0.4, -0.2) is 27.6 Å². The van der Waals surface area contributed by atoms with Gasteiger partial charge in [-0.05, 0) is 31.2 Å². The Hall–Kier alpha value is -2.11. The molecule has 0 saturated carbocycles. The number of aliphatic carboxylic acids is 1. The van der Waals surface area contributed by atoms with E-state index in [1.165, 1.54) is 6.07 Å². The molecule has 6 nitrogen and oxygen atoms in total. The first-order valence-corrected chi connectivity index (χ1v) is 7.50. The smallest absolute Gasteiger partial charge is 0.326 e. The minimum absolute atomic E-state index is 0.0548. The van der Waals surface area contributed by atoms with E-state index in [4.69, 9.17) is 5.11 Å². The lowest BCUT2D eigenvalue weighted by atomic mass is 10.0. The first-order chi connectivity index (χ1) is 10.3. The molecular weight excluding hydrogens is 284 g/mol. The fourth-order valence-electron chi connectivity index (χ4n) is 2.15. The van der Waals surface area contributed by atoms with E-state index < -0.39 is 12.0 Å². The van der Waals surface area contributed by atoms with Gasteiger partial charge in [-0.25, -0.2) is 4.79 Å². The van der Waals surface area contributed by atoms with E-state index in [9.17, 15) is 14.4 Å². The molecule has 22 heavy (non-hydrogen) atoms. The van der Waals surface area contributed by atoms with Crippen LogP contribution in [0.4, 0.5) is 0 Å². The maximum Gasteiger partial charge on any atom is 0.326 e. The highest BCUT2D eigenvalue weighted by Crippen LogP contribution is 2.04. The minimum atomic E-state index is -1.02. The second-order valence-corrected chi connectivity index (χ2v) is 5.82. The molecule has 0 bridgehead atoms. The third-order valence-electron chi connectivity index (χ3n) is 3.43. The number of carbonyl (C=O) groups is 2. The van der Waals surface area contributed by atoms with Gasteiger partial charge in [0.05, 0.1) is 0 Å². The second-order valence-electron chi connectivity index (χ2n) is 5.82. The number of nitrogens with one attached hydrogen (secondary N) is 1. The van der Waals surface area contributed by atoms with Crippen LogP contribution in [0.25, 0.3) is 0 Å². The summed E-state index contributed by atoms with van der Waals surface area (Å²) >= 11 is 0. The van der Waals surface area contributed by atoms with Gasteiger partial charge in [0.2, 0.25) is 5.91 Å². The number of hydrogen-bond donors (Lipinski definition) is 2. The maximum atomic E-state index is 11.8. The fraction of sp³-hybridized carbons (Fsp3) is 0.562. The van der Waals surface area contributed by atoms with E-state index in [1.54, 1.807) is 30.7 Å². The molecule has 0 aliphatic carbocycles. The molecule has 1 aromatic heterocycles. The first kappa shape index (κ1) is 17.9. The topological polar surface area (TPSA) is 88.4 Å². The molecule has 1 unspecified atom stereocenters. The molecule has 2 N–H and O–H groups in total. The van der Waals surface area contributed by atoms with E-state index >= 15 is 0 Å². The number of carboxylic acid groups (broad SMARTS) is 1. The Labute approximate surface area is 130 Å². The average molecular weight is 308 g/mol. The molecule has 1 rings (SSSR count). The lowest BCUT2D eigenvalue weighted by molar-refractivity contribution is -0.143. The third kappa shape index (κ3) is 5.71. The summed E-state index contributed by atoms with van der Waals surface area (Å²) in [6.07, 6.45) is 3.35. The largest absolute Gasteiger partial charge is 0.480 e. The van der Waals surface area contributed by atoms with Crippen LogP contribution >= 0.6 is 0 Å². The molecule has 6 heteroatoms. The van der Waals surface area contributed by atoms with Crippen molar-refractivity contribution in [3.8, 4) is 0 Å². The molecular formula is C16H24N2O4. The van der Waals surface area contributed by atoms with E-state index in [-0.39, 0.29) is 23.8 Å². The van der Waals surface area contributed by atoms with Gasteiger partial charge in [0.25, 0.3) is 5.56 Å². The molecule has 0 aliphatic heterocycles. The van der Waals surface area contributed by atoms with Crippen LogP contribution < -0.4 is 10.9 Å². The van der Waals surface area contributed by atoms with Crippen LogP contribution in [0.3, 0.4) is 0 Å². The average Bonchev–Trinajstić information content (AvgIpc) is 2.43. The molecule has 0 aliphatic rings. The standard InChI is InChI=1S/C16H24N2O4/c1-11(2)15(16(21)22)17-13(19)6-4-5-9-18-10-12(3)7-8-14(18)20/h7-8,10-11,15H,4-6,9H2,1-3H3,(H,17,19)(H,21,22). The Morgan fingerprint density at radius 1 is 1.27 bits per heavy atom. The van der Waals surface area contributed by atoms with Crippen LogP contribution in [0.15, 0.2) is 23.1 Å². The van der Waals surface area contributed by atoms with Gasteiger partial charge in [0, 0.05) is 25.2 Å². The monoisotopic (exact) mass is 308 g/mol. The summed E-state index contributed by atoms with van der Waals surface area (Å²) in [7, 11) is 0. The summed E-state index contributed by atoms with van der Waals surface area (Å²) in [6.45, 7) is 5.98. The van der Waals surface area contributed by atoms with Gasteiger partial charge in [0.1, 0.15) is 6.04 Å². The highest BCUT2D eigenvalue weighted by Gasteiger charge is 2.22. The number of nitrogens with zero attached hydrogens (tertiary/aromatic N) is 1. The van der Waals surface area contributed by atoms with Crippen molar-refractivity contribution >= 4 is 11.9 Å². The van der Waals surface area contributed by atoms with Crippen molar-refractivity contribution in [3.05, 3.63) is 34.2 Å². The van der Waals surface area contributed by atoms with Crippen molar-refractivity contribution in [1.82, 2.24) is 9.88 Å². The summed E-state index contributed by atoms with van der Waals surface area (Å²) in [5.74, 6) is -1.44. The maximum absolute atomic E-state index is 11.8. The van der Waals surface area contributed by atoms with Crippen molar-refractivity contribution in [2.75, 3.05) is 0 Å². The summed E-state index contributed by atoms with van der Waals surface area (Å²) in [5, 5.41) is 11.5. The summed E-state index contributed by atoms with van der Waals surface area (Å²) in [5.41, 5.74) is 0.958. The predicted octanol–water partition coefficient (Wildman–Crippen LogP) is 1.55. The van der Waals surface area contributed by atoms with Crippen LogP contribution in [-0.2, 0) is 16.1 Å². The van der Waals surface area contributed by atoms with Crippen molar-refractivity contribution in [2.45, 2.75) is 52.6 Å². The molecule has 1 heterocycles. The second kappa shape index (κ2) is 8.36. The Morgan fingerprint density at radius 3 is 2.55 bits per heavy atom. The molecule has 1 atom stereocenters. The number of aromatic nitrogens is 1. The lowest BCUT2D eigenvalue weighted by Gasteiger charge is -2.17. The molecule has 122 valence electrons. The van der Waals surface area contributed by atoms with Crippen molar-refractivity contribution in [2.24, 2.45) is 5.92 Å². The van der Waals surface area contributed by atoms with Crippen LogP contribution in [0.2, 0.25) is 0 Å². The van der Waals surface area contributed by atoms with Gasteiger partial charge < -0.3 is 15.0 Å². The number of pyridine rings is 1. The Balaban J connectivity index is 2.38. The van der Waals surface area contributed by atoms with Crippen molar-refractivity contribution < 1.29 is 14.7 Å². The molecule has 0 aromatic carbocycles.